The van der Waals surface area contributed by atoms with Gasteiger partial charge < -0.3 is 10.8 Å². The van der Waals surface area contributed by atoms with Crippen LogP contribution >= 0.6 is 11.8 Å². The molecule has 0 radical (unpaired) electrons. The number of aryl methyl sites for hydroxylation is 3. The van der Waals surface area contributed by atoms with Crippen LogP contribution in [0.4, 0.5) is 0 Å². The van der Waals surface area contributed by atoms with Gasteiger partial charge in [-0.3, -0.25) is 9.63 Å². The lowest BCUT2D eigenvalue weighted by Gasteiger charge is -2.19. The highest BCUT2D eigenvalue weighted by atomic mass is 32.2. The topological polar surface area (TPSA) is 84.6 Å². The molecule has 0 aliphatic heterocycles. The summed E-state index contributed by atoms with van der Waals surface area (Å²) < 4.78 is 0. The van der Waals surface area contributed by atoms with E-state index in [0.717, 1.165) is 22.4 Å². The minimum absolute atomic E-state index is 0.258. The zero-order valence-electron chi connectivity index (χ0n) is 15.3. The van der Waals surface area contributed by atoms with Gasteiger partial charge in [-0.05, 0) is 49.1 Å². The standard InChI is InChI=1S/C18H30N2O3S/c1-11(2)9-24-10-16(19)17(21)18(22)20-23-8-15-13(4)6-12(3)7-14(15)5/h6-7,11,16-17,21H,8-10,19H2,1-5H3,(H,20,22)/t16-,17+/m1/s1. The summed E-state index contributed by atoms with van der Waals surface area (Å²) in [6, 6.07) is 3.54. The van der Waals surface area contributed by atoms with Gasteiger partial charge in [0.1, 0.15) is 6.61 Å². The molecule has 1 rings (SSSR count). The molecule has 1 amide bonds. The normalized spacial score (nSPS) is 13.8. The van der Waals surface area contributed by atoms with Gasteiger partial charge in [-0.2, -0.15) is 11.8 Å². The summed E-state index contributed by atoms with van der Waals surface area (Å²) >= 11 is 1.64. The van der Waals surface area contributed by atoms with Gasteiger partial charge in [0, 0.05) is 11.8 Å². The van der Waals surface area contributed by atoms with E-state index in [9.17, 15) is 9.90 Å². The summed E-state index contributed by atoms with van der Waals surface area (Å²) in [6.45, 7) is 10.6. The summed E-state index contributed by atoms with van der Waals surface area (Å²) in [6.07, 6.45) is -1.27. The van der Waals surface area contributed by atoms with Crippen LogP contribution in [0.5, 0.6) is 0 Å². The first-order valence-corrected chi connectivity index (χ1v) is 9.37. The fraction of sp³-hybridized carbons (Fsp3) is 0.611. The fourth-order valence-electron chi connectivity index (χ4n) is 2.40. The third-order valence-corrected chi connectivity index (χ3v) is 5.19. The zero-order valence-corrected chi connectivity index (χ0v) is 16.1. The van der Waals surface area contributed by atoms with Crippen LogP contribution < -0.4 is 11.2 Å². The minimum atomic E-state index is -1.27. The Hall–Kier alpha value is -1.08. The number of aliphatic hydroxyl groups excluding tert-OH is 1. The molecule has 0 aliphatic rings. The van der Waals surface area contributed by atoms with Gasteiger partial charge in [-0.15, -0.1) is 0 Å². The average molecular weight is 355 g/mol. The molecule has 0 unspecified atom stereocenters. The van der Waals surface area contributed by atoms with Gasteiger partial charge in [0.25, 0.3) is 5.91 Å². The summed E-state index contributed by atoms with van der Waals surface area (Å²) in [4.78, 5) is 17.2. The number of amides is 1. The molecular weight excluding hydrogens is 324 g/mol. The van der Waals surface area contributed by atoms with Crippen molar-refractivity contribution in [1.82, 2.24) is 5.48 Å². The quantitative estimate of drug-likeness (QED) is 0.592. The van der Waals surface area contributed by atoms with Gasteiger partial charge in [0.15, 0.2) is 6.10 Å². The van der Waals surface area contributed by atoms with Crippen molar-refractivity contribution >= 4 is 17.7 Å². The molecule has 2 atom stereocenters. The van der Waals surface area contributed by atoms with Crippen molar-refractivity contribution in [2.45, 2.75) is 53.4 Å². The molecule has 0 bridgehead atoms. The van der Waals surface area contributed by atoms with Crippen LogP contribution in [0.25, 0.3) is 0 Å². The van der Waals surface area contributed by atoms with E-state index in [1.54, 1.807) is 11.8 Å². The number of hydrogen-bond donors (Lipinski definition) is 3. The highest BCUT2D eigenvalue weighted by Crippen LogP contribution is 2.17. The molecule has 0 heterocycles. The van der Waals surface area contributed by atoms with E-state index in [2.05, 4.69) is 31.5 Å². The Kier molecular flexibility index (Phi) is 8.76. The number of thioether (sulfide) groups is 1. The summed E-state index contributed by atoms with van der Waals surface area (Å²) in [5.41, 5.74) is 12.6. The maximum atomic E-state index is 11.9. The SMILES string of the molecule is Cc1cc(C)c(CONC(=O)[C@@H](O)[C@H](N)CSCC(C)C)c(C)c1. The van der Waals surface area contributed by atoms with Crippen molar-refractivity contribution in [1.29, 1.82) is 0 Å². The predicted molar refractivity (Wildman–Crippen MR) is 99.7 cm³/mol. The van der Waals surface area contributed by atoms with Gasteiger partial charge >= 0.3 is 0 Å². The second kappa shape index (κ2) is 10.0. The van der Waals surface area contributed by atoms with E-state index in [0.29, 0.717) is 11.7 Å². The Bertz CT molecular complexity index is 526. The van der Waals surface area contributed by atoms with Crippen LogP contribution in [0, 0.1) is 26.7 Å². The smallest absolute Gasteiger partial charge is 0.274 e. The van der Waals surface area contributed by atoms with Gasteiger partial charge in [0.05, 0.1) is 0 Å². The highest BCUT2D eigenvalue weighted by molar-refractivity contribution is 7.99. The molecule has 0 fully saturated rings. The number of benzene rings is 1. The van der Waals surface area contributed by atoms with Crippen LogP contribution in [0.15, 0.2) is 12.1 Å². The number of carbonyl (C=O) groups is 1. The fourth-order valence-corrected chi connectivity index (χ4v) is 3.46. The molecule has 6 heteroatoms. The van der Waals surface area contributed by atoms with Gasteiger partial charge in [-0.1, -0.05) is 31.5 Å². The lowest BCUT2D eigenvalue weighted by molar-refractivity contribution is -0.144. The van der Waals surface area contributed by atoms with Crippen molar-refractivity contribution in [3.63, 3.8) is 0 Å². The summed E-state index contributed by atoms with van der Waals surface area (Å²) in [5.74, 6) is 1.43. The molecule has 5 nitrogen and oxygen atoms in total. The maximum absolute atomic E-state index is 11.9. The molecule has 0 saturated heterocycles. The maximum Gasteiger partial charge on any atom is 0.274 e. The first-order valence-electron chi connectivity index (χ1n) is 8.22. The molecule has 1 aromatic carbocycles. The van der Waals surface area contributed by atoms with Crippen LogP contribution in [-0.2, 0) is 16.2 Å². The second-order valence-corrected chi connectivity index (χ2v) is 7.75. The van der Waals surface area contributed by atoms with E-state index in [-0.39, 0.29) is 6.61 Å². The monoisotopic (exact) mass is 354 g/mol. The molecule has 0 saturated carbocycles. The van der Waals surface area contributed by atoms with Crippen LogP contribution in [-0.4, -0.2) is 34.7 Å². The largest absolute Gasteiger partial charge is 0.381 e. The van der Waals surface area contributed by atoms with E-state index in [1.165, 1.54) is 5.56 Å². The van der Waals surface area contributed by atoms with Crippen molar-refractivity contribution in [3.05, 3.63) is 34.4 Å². The molecule has 0 aliphatic carbocycles. The van der Waals surface area contributed by atoms with Gasteiger partial charge in [-0.25, -0.2) is 5.48 Å². The Labute approximate surface area is 149 Å². The molecule has 1 aromatic rings. The molecule has 136 valence electrons. The van der Waals surface area contributed by atoms with Crippen LogP contribution in [0.2, 0.25) is 0 Å². The number of hydroxylamine groups is 1. The highest BCUT2D eigenvalue weighted by Gasteiger charge is 2.23. The van der Waals surface area contributed by atoms with Crippen molar-refractivity contribution < 1.29 is 14.7 Å². The average Bonchev–Trinajstić information content (AvgIpc) is 2.48. The zero-order chi connectivity index (χ0) is 18.3. The van der Waals surface area contributed by atoms with Crippen LogP contribution in [0.3, 0.4) is 0 Å². The summed E-state index contributed by atoms with van der Waals surface area (Å²) in [7, 11) is 0. The van der Waals surface area contributed by atoms with Gasteiger partial charge in [0.2, 0.25) is 0 Å². The van der Waals surface area contributed by atoms with Crippen molar-refractivity contribution in [2.75, 3.05) is 11.5 Å². The van der Waals surface area contributed by atoms with Crippen molar-refractivity contribution in [3.8, 4) is 0 Å². The molecule has 0 aromatic heterocycles. The number of carbonyl (C=O) groups excluding carboxylic acids is 1. The Morgan fingerprint density at radius 2 is 1.83 bits per heavy atom. The number of nitrogens with one attached hydrogen (secondary N) is 1. The lowest BCUT2D eigenvalue weighted by Crippen LogP contribution is -2.47. The Morgan fingerprint density at radius 1 is 1.25 bits per heavy atom. The number of hydrogen-bond acceptors (Lipinski definition) is 5. The van der Waals surface area contributed by atoms with E-state index in [1.807, 2.05) is 20.8 Å². The van der Waals surface area contributed by atoms with E-state index >= 15 is 0 Å². The van der Waals surface area contributed by atoms with Crippen molar-refractivity contribution in [2.24, 2.45) is 11.7 Å². The number of rotatable bonds is 9. The Morgan fingerprint density at radius 3 is 2.38 bits per heavy atom. The summed E-state index contributed by atoms with van der Waals surface area (Å²) in [5, 5.41) is 9.96. The first kappa shape index (κ1) is 21.0. The molecular formula is C18H30N2O3S. The molecule has 24 heavy (non-hydrogen) atoms. The molecule has 4 N–H and O–H groups in total. The van der Waals surface area contributed by atoms with E-state index in [4.69, 9.17) is 10.6 Å². The number of aliphatic hydroxyl groups is 1. The number of nitrogens with two attached hydrogens (primary N) is 1. The predicted octanol–water partition coefficient (Wildman–Crippen LogP) is 2.24. The lowest BCUT2D eigenvalue weighted by atomic mass is 10.0. The third-order valence-electron chi connectivity index (χ3n) is 3.67. The molecule has 0 spiro atoms. The third kappa shape index (κ3) is 6.81. The minimum Gasteiger partial charge on any atom is -0.381 e. The van der Waals surface area contributed by atoms with Crippen LogP contribution in [0.1, 0.15) is 36.1 Å². The second-order valence-electron chi connectivity index (χ2n) is 6.67. The van der Waals surface area contributed by atoms with E-state index < -0.39 is 18.1 Å². The first-order chi connectivity index (χ1) is 11.2. The Balaban J connectivity index is 2.43.